The Morgan fingerprint density at radius 1 is 1.12 bits per heavy atom. The van der Waals surface area contributed by atoms with Gasteiger partial charge in [-0.1, -0.05) is 45.9 Å². The minimum Gasteiger partial charge on any atom is -0.398 e. The fourth-order valence-corrected chi connectivity index (χ4v) is 2.00. The lowest BCUT2D eigenvalue weighted by atomic mass is 9.90. The molecule has 1 heteroatoms. The van der Waals surface area contributed by atoms with E-state index in [-0.39, 0.29) is 0 Å². The number of rotatable bonds is 4. The van der Waals surface area contributed by atoms with Gasteiger partial charge in [-0.15, -0.1) is 6.58 Å². The second-order valence-corrected chi connectivity index (χ2v) is 4.99. The molecule has 0 radical (unpaired) electrons. The minimum atomic E-state index is 0.474. The highest BCUT2D eigenvalue weighted by atomic mass is 14.6. The van der Waals surface area contributed by atoms with Crippen LogP contribution >= 0.6 is 0 Å². The molecule has 0 heterocycles. The Morgan fingerprint density at radius 2 is 1.56 bits per heavy atom. The van der Waals surface area contributed by atoms with Gasteiger partial charge in [0, 0.05) is 5.69 Å². The summed E-state index contributed by atoms with van der Waals surface area (Å²) in [5.41, 5.74) is 11.0. The first-order chi connectivity index (χ1) is 7.47. The average molecular weight is 217 g/mol. The molecule has 0 amide bonds. The third-order valence-electron chi connectivity index (χ3n) is 2.93. The lowest BCUT2D eigenvalue weighted by Crippen LogP contribution is -2.04. The highest BCUT2D eigenvalue weighted by Gasteiger charge is 2.12. The van der Waals surface area contributed by atoms with Crippen LogP contribution in [0.4, 0.5) is 5.69 Å². The van der Waals surface area contributed by atoms with Crippen molar-refractivity contribution in [3.8, 4) is 0 Å². The number of allylic oxidation sites excluding steroid dienone is 1. The van der Waals surface area contributed by atoms with Gasteiger partial charge in [-0.2, -0.15) is 0 Å². The number of hydrogen-bond acceptors (Lipinski definition) is 1. The second kappa shape index (κ2) is 5.20. The fraction of sp³-hybridized carbons (Fsp3) is 0.467. The average Bonchev–Trinajstić information content (AvgIpc) is 2.19. The molecule has 0 fully saturated rings. The van der Waals surface area contributed by atoms with Crippen molar-refractivity contribution in [2.45, 2.75) is 46.0 Å². The maximum Gasteiger partial charge on any atom is 0.0384 e. The van der Waals surface area contributed by atoms with Crippen LogP contribution in [-0.4, -0.2) is 0 Å². The summed E-state index contributed by atoms with van der Waals surface area (Å²) < 4.78 is 0. The van der Waals surface area contributed by atoms with Gasteiger partial charge in [-0.3, -0.25) is 0 Å². The molecule has 0 bridgehead atoms. The number of hydrogen-bond donors (Lipinski definition) is 1. The largest absolute Gasteiger partial charge is 0.398 e. The van der Waals surface area contributed by atoms with Crippen molar-refractivity contribution in [3.63, 3.8) is 0 Å². The molecular formula is C15H23N. The maximum atomic E-state index is 6.22. The molecular weight excluding hydrogens is 194 g/mol. The molecule has 2 N–H and O–H groups in total. The predicted octanol–water partition coefficient (Wildman–Crippen LogP) is 4.24. The van der Waals surface area contributed by atoms with E-state index in [1.165, 1.54) is 16.7 Å². The Morgan fingerprint density at radius 3 is 1.88 bits per heavy atom. The van der Waals surface area contributed by atoms with E-state index in [0.29, 0.717) is 11.8 Å². The Hall–Kier alpha value is -1.24. The van der Waals surface area contributed by atoms with Gasteiger partial charge in [0.15, 0.2) is 0 Å². The van der Waals surface area contributed by atoms with Crippen LogP contribution in [0.25, 0.3) is 0 Å². The quantitative estimate of drug-likeness (QED) is 0.592. The zero-order valence-corrected chi connectivity index (χ0v) is 10.9. The van der Waals surface area contributed by atoms with Gasteiger partial charge in [-0.05, 0) is 34.9 Å². The maximum absolute atomic E-state index is 6.22. The van der Waals surface area contributed by atoms with Crippen molar-refractivity contribution in [1.82, 2.24) is 0 Å². The predicted molar refractivity (Wildman–Crippen MR) is 72.9 cm³/mol. The zero-order valence-electron chi connectivity index (χ0n) is 10.9. The first kappa shape index (κ1) is 12.8. The molecule has 0 aliphatic heterocycles. The zero-order chi connectivity index (χ0) is 12.3. The Kier molecular flexibility index (Phi) is 4.17. The monoisotopic (exact) mass is 217 g/mol. The normalized spacial score (nSPS) is 11.1. The summed E-state index contributed by atoms with van der Waals surface area (Å²) in [5, 5.41) is 0. The third kappa shape index (κ3) is 2.66. The van der Waals surface area contributed by atoms with E-state index in [9.17, 15) is 0 Å². The van der Waals surface area contributed by atoms with Crippen molar-refractivity contribution < 1.29 is 0 Å². The van der Waals surface area contributed by atoms with Crippen molar-refractivity contribution in [1.29, 1.82) is 0 Å². The molecule has 1 rings (SSSR count). The number of anilines is 1. The number of nitrogens with two attached hydrogens (primary N) is 1. The molecule has 1 aromatic carbocycles. The highest BCUT2D eigenvalue weighted by molar-refractivity contribution is 5.58. The van der Waals surface area contributed by atoms with Crippen LogP contribution in [0.2, 0.25) is 0 Å². The molecule has 0 atom stereocenters. The fourth-order valence-electron chi connectivity index (χ4n) is 2.00. The van der Waals surface area contributed by atoms with Crippen molar-refractivity contribution in [2.24, 2.45) is 0 Å². The van der Waals surface area contributed by atoms with Crippen LogP contribution in [0.15, 0.2) is 24.8 Å². The van der Waals surface area contributed by atoms with Crippen molar-refractivity contribution in [3.05, 3.63) is 41.5 Å². The molecule has 1 aromatic rings. The smallest absolute Gasteiger partial charge is 0.0384 e. The van der Waals surface area contributed by atoms with E-state index in [0.717, 1.165) is 12.1 Å². The van der Waals surface area contributed by atoms with E-state index in [1.807, 2.05) is 6.08 Å². The Balaban J connectivity index is 3.32. The van der Waals surface area contributed by atoms with Gasteiger partial charge in [0.1, 0.15) is 0 Å². The molecule has 16 heavy (non-hydrogen) atoms. The SMILES string of the molecule is C=CCc1cc(C(C)C)c(N)c(C(C)C)c1. The van der Waals surface area contributed by atoms with Gasteiger partial charge in [0.2, 0.25) is 0 Å². The third-order valence-corrected chi connectivity index (χ3v) is 2.93. The Bertz CT molecular complexity index is 346. The van der Waals surface area contributed by atoms with Gasteiger partial charge in [0.05, 0.1) is 0 Å². The molecule has 0 aromatic heterocycles. The van der Waals surface area contributed by atoms with E-state index in [1.54, 1.807) is 0 Å². The molecule has 0 aliphatic rings. The van der Waals surface area contributed by atoms with Crippen LogP contribution in [0.5, 0.6) is 0 Å². The first-order valence-corrected chi connectivity index (χ1v) is 6.00. The summed E-state index contributed by atoms with van der Waals surface area (Å²) in [4.78, 5) is 0. The summed E-state index contributed by atoms with van der Waals surface area (Å²) in [6.45, 7) is 12.5. The minimum absolute atomic E-state index is 0.474. The second-order valence-electron chi connectivity index (χ2n) is 4.99. The van der Waals surface area contributed by atoms with Crippen LogP contribution in [0.3, 0.4) is 0 Å². The molecule has 88 valence electrons. The lowest BCUT2D eigenvalue weighted by molar-refractivity contribution is 0.835. The van der Waals surface area contributed by atoms with Crippen LogP contribution in [0, 0.1) is 0 Å². The molecule has 0 aliphatic carbocycles. The standard InChI is InChI=1S/C15H23N/c1-6-7-12-8-13(10(2)3)15(16)14(9-12)11(4)5/h6,8-11H,1,7,16H2,2-5H3. The van der Waals surface area contributed by atoms with E-state index in [4.69, 9.17) is 5.73 Å². The molecule has 0 saturated carbocycles. The van der Waals surface area contributed by atoms with E-state index < -0.39 is 0 Å². The summed E-state index contributed by atoms with van der Waals surface area (Å²) >= 11 is 0. The number of benzene rings is 1. The number of nitrogen functional groups attached to an aromatic ring is 1. The molecule has 0 spiro atoms. The van der Waals surface area contributed by atoms with Crippen LogP contribution < -0.4 is 5.73 Å². The van der Waals surface area contributed by atoms with Gasteiger partial charge < -0.3 is 5.73 Å². The van der Waals surface area contributed by atoms with E-state index in [2.05, 4.69) is 46.4 Å². The van der Waals surface area contributed by atoms with Crippen LogP contribution in [-0.2, 0) is 6.42 Å². The van der Waals surface area contributed by atoms with Gasteiger partial charge >= 0.3 is 0 Å². The summed E-state index contributed by atoms with van der Waals surface area (Å²) in [6, 6.07) is 4.43. The lowest BCUT2D eigenvalue weighted by Gasteiger charge is -2.18. The Labute approximate surface area is 99.4 Å². The van der Waals surface area contributed by atoms with Crippen LogP contribution in [0.1, 0.15) is 56.2 Å². The van der Waals surface area contributed by atoms with Gasteiger partial charge in [-0.25, -0.2) is 0 Å². The summed E-state index contributed by atoms with van der Waals surface area (Å²) in [5.74, 6) is 0.949. The molecule has 0 unspecified atom stereocenters. The molecule has 0 saturated heterocycles. The highest BCUT2D eigenvalue weighted by Crippen LogP contribution is 2.31. The van der Waals surface area contributed by atoms with Crippen molar-refractivity contribution >= 4 is 5.69 Å². The van der Waals surface area contributed by atoms with Crippen molar-refractivity contribution in [2.75, 3.05) is 5.73 Å². The molecule has 1 nitrogen and oxygen atoms in total. The topological polar surface area (TPSA) is 26.0 Å². The summed E-state index contributed by atoms with van der Waals surface area (Å²) in [6.07, 6.45) is 2.86. The van der Waals surface area contributed by atoms with Gasteiger partial charge in [0.25, 0.3) is 0 Å². The first-order valence-electron chi connectivity index (χ1n) is 6.00. The van der Waals surface area contributed by atoms with E-state index >= 15 is 0 Å². The summed E-state index contributed by atoms with van der Waals surface area (Å²) in [7, 11) is 0.